The van der Waals surface area contributed by atoms with Crippen LogP contribution in [0.2, 0.25) is 0 Å². The van der Waals surface area contributed by atoms with Crippen LogP contribution in [0.5, 0.6) is 0 Å². The van der Waals surface area contributed by atoms with Gasteiger partial charge < -0.3 is 0 Å². The summed E-state index contributed by atoms with van der Waals surface area (Å²) in [5, 5.41) is 0. The molecule has 0 fully saturated rings. The second-order valence-corrected chi connectivity index (χ2v) is 4.99. The van der Waals surface area contributed by atoms with E-state index >= 15 is 0 Å². The maximum absolute atomic E-state index is 2.49. The molecule has 0 rings (SSSR count). The Morgan fingerprint density at radius 3 is 2.23 bits per heavy atom. The van der Waals surface area contributed by atoms with Crippen molar-refractivity contribution >= 4 is 22.6 Å². The molecule has 0 aromatic heterocycles. The largest absolute Gasteiger partial charge is 0.0752 e. The lowest BCUT2D eigenvalue weighted by Crippen LogP contribution is -1.77. The van der Waals surface area contributed by atoms with Crippen LogP contribution >= 0.6 is 22.6 Å². The van der Waals surface area contributed by atoms with Crippen LogP contribution in [0.25, 0.3) is 0 Å². The summed E-state index contributed by atoms with van der Waals surface area (Å²) in [6.45, 7) is 4.52. The summed E-state index contributed by atoms with van der Waals surface area (Å²) in [7, 11) is 0. The first-order valence-electron chi connectivity index (χ1n) is 5.65. The van der Waals surface area contributed by atoms with Crippen molar-refractivity contribution < 1.29 is 0 Å². The fourth-order valence-electron chi connectivity index (χ4n) is 1.30. The van der Waals surface area contributed by atoms with Crippen LogP contribution in [-0.2, 0) is 0 Å². The highest BCUT2D eigenvalue weighted by molar-refractivity contribution is 14.1. The lowest BCUT2D eigenvalue weighted by molar-refractivity contribution is 0.714. The minimum atomic E-state index is 1.29. The molecule has 0 saturated heterocycles. The first-order valence-corrected chi connectivity index (χ1v) is 6.73. The highest BCUT2D eigenvalue weighted by atomic mass is 127. The molecule has 0 saturated carbocycles. The fraction of sp³-hybridized carbons (Fsp3) is 0.833. The Bertz CT molecular complexity index is 127. The summed E-state index contributed by atoms with van der Waals surface area (Å²) < 4.78 is 1.57. The van der Waals surface area contributed by atoms with Crippen molar-refractivity contribution in [3.05, 3.63) is 9.66 Å². The van der Waals surface area contributed by atoms with E-state index in [1.807, 2.05) is 0 Å². The van der Waals surface area contributed by atoms with Crippen molar-refractivity contribution in [2.75, 3.05) is 0 Å². The van der Waals surface area contributed by atoms with Crippen LogP contribution in [0, 0.1) is 0 Å². The molecule has 13 heavy (non-hydrogen) atoms. The van der Waals surface area contributed by atoms with Crippen LogP contribution in [0.4, 0.5) is 0 Å². The predicted molar refractivity (Wildman–Crippen MR) is 70.4 cm³/mol. The molecule has 0 spiro atoms. The maximum atomic E-state index is 2.49. The summed E-state index contributed by atoms with van der Waals surface area (Å²) in [6, 6.07) is 0. The Labute approximate surface area is 97.3 Å². The summed E-state index contributed by atoms with van der Waals surface area (Å²) >= 11 is 2.49. The van der Waals surface area contributed by atoms with Gasteiger partial charge in [-0.05, 0) is 51.9 Å². The first-order chi connectivity index (χ1) is 6.31. The van der Waals surface area contributed by atoms with Crippen molar-refractivity contribution in [3.8, 4) is 0 Å². The minimum Gasteiger partial charge on any atom is -0.0752 e. The smallest absolute Gasteiger partial charge is 0.0134 e. The third-order valence-corrected chi connectivity index (χ3v) is 3.17. The Morgan fingerprint density at radius 2 is 1.62 bits per heavy atom. The van der Waals surface area contributed by atoms with Crippen LogP contribution in [0.1, 0.15) is 65.2 Å². The van der Waals surface area contributed by atoms with Gasteiger partial charge in [-0.3, -0.25) is 0 Å². The van der Waals surface area contributed by atoms with Gasteiger partial charge in [-0.25, -0.2) is 0 Å². The van der Waals surface area contributed by atoms with E-state index in [4.69, 9.17) is 0 Å². The third kappa shape index (κ3) is 10.4. The van der Waals surface area contributed by atoms with Crippen molar-refractivity contribution in [2.45, 2.75) is 65.2 Å². The predicted octanol–water partition coefficient (Wildman–Crippen LogP) is 5.47. The number of rotatable bonds is 8. The van der Waals surface area contributed by atoms with Crippen LogP contribution in [0.3, 0.4) is 0 Å². The molecular formula is C12H23I. The van der Waals surface area contributed by atoms with E-state index < -0.39 is 0 Å². The van der Waals surface area contributed by atoms with Crippen molar-refractivity contribution in [3.63, 3.8) is 0 Å². The standard InChI is InChI=1S/C12H23I/c1-3-5-7-9-11-12(13)10-8-6-4-2/h11H,3-10H2,1-2H3/b12-11+. The molecule has 0 aromatic carbocycles. The van der Waals surface area contributed by atoms with Crippen LogP contribution < -0.4 is 0 Å². The summed E-state index contributed by atoms with van der Waals surface area (Å²) in [5.41, 5.74) is 0. The highest BCUT2D eigenvalue weighted by Crippen LogP contribution is 2.17. The molecule has 0 bridgehead atoms. The number of halogens is 1. The normalized spacial score (nSPS) is 12.1. The third-order valence-electron chi connectivity index (χ3n) is 2.19. The Kier molecular flexibility index (Phi) is 10.9. The molecule has 0 atom stereocenters. The molecule has 0 amide bonds. The van der Waals surface area contributed by atoms with Crippen LogP contribution in [0.15, 0.2) is 9.66 Å². The molecule has 0 heterocycles. The van der Waals surface area contributed by atoms with Crippen LogP contribution in [-0.4, -0.2) is 0 Å². The Morgan fingerprint density at radius 1 is 1.00 bits per heavy atom. The molecule has 1 heteroatoms. The van der Waals surface area contributed by atoms with Gasteiger partial charge in [0.05, 0.1) is 0 Å². The average Bonchev–Trinajstić information content (AvgIpc) is 2.13. The lowest BCUT2D eigenvalue weighted by atomic mass is 10.1. The summed E-state index contributed by atoms with van der Waals surface area (Å²) in [5.74, 6) is 0. The number of allylic oxidation sites excluding steroid dienone is 2. The zero-order valence-corrected chi connectivity index (χ0v) is 11.3. The highest BCUT2D eigenvalue weighted by Gasteiger charge is 1.91. The monoisotopic (exact) mass is 294 g/mol. The van der Waals surface area contributed by atoms with E-state index in [-0.39, 0.29) is 0 Å². The van der Waals surface area contributed by atoms with Crippen molar-refractivity contribution in [1.82, 2.24) is 0 Å². The van der Waals surface area contributed by atoms with E-state index in [0.29, 0.717) is 0 Å². The zero-order valence-electron chi connectivity index (χ0n) is 9.11. The molecule has 78 valence electrons. The van der Waals surface area contributed by atoms with E-state index in [9.17, 15) is 0 Å². The second-order valence-electron chi connectivity index (χ2n) is 3.60. The molecular weight excluding hydrogens is 271 g/mol. The zero-order chi connectivity index (χ0) is 9.94. The molecule has 0 N–H and O–H groups in total. The number of hydrogen-bond acceptors (Lipinski definition) is 0. The molecule has 0 unspecified atom stereocenters. The second kappa shape index (κ2) is 10.6. The van der Waals surface area contributed by atoms with Gasteiger partial charge in [0.2, 0.25) is 0 Å². The molecule has 0 nitrogen and oxygen atoms in total. The molecule has 0 aliphatic carbocycles. The maximum Gasteiger partial charge on any atom is -0.0134 e. The molecule has 0 aromatic rings. The lowest BCUT2D eigenvalue weighted by Gasteiger charge is -1.98. The van der Waals surface area contributed by atoms with Crippen molar-refractivity contribution in [1.29, 1.82) is 0 Å². The van der Waals surface area contributed by atoms with Gasteiger partial charge in [-0.15, -0.1) is 0 Å². The van der Waals surface area contributed by atoms with Gasteiger partial charge in [0.15, 0.2) is 0 Å². The fourth-order valence-corrected chi connectivity index (χ4v) is 1.99. The summed E-state index contributed by atoms with van der Waals surface area (Å²) in [6.07, 6.45) is 13.2. The van der Waals surface area contributed by atoms with Gasteiger partial charge in [-0.2, -0.15) is 0 Å². The molecule has 0 radical (unpaired) electrons. The average molecular weight is 294 g/mol. The van der Waals surface area contributed by atoms with E-state index in [2.05, 4.69) is 42.5 Å². The van der Waals surface area contributed by atoms with Crippen molar-refractivity contribution in [2.24, 2.45) is 0 Å². The van der Waals surface area contributed by atoms with E-state index in [1.54, 1.807) is 3.58 Å². The van der Waals surface area contributed by atoms with E-state index in [0.717, 1.165) is 0 Å². The van der Waals surface area contributed by atoms with Gasteiger partial charge in [0.25, 0.3) is 0 Å². The van der Waals surface area contributed by atoms with Gasteiger partial charge in [0.1, 0.15) is 0 Å². The molecule has 0 aliphatic rings. The Hall–Kier alpha value is 0.470. The molecule has 0 aliphatic heterocycles. The number of hydrogen-bond donors (Lipinski definition) is 0. The first kappa shape index (κ1) is 13.5. The van der Waals surface area contributed by atoms with E-state index in [1.165, 1.54) is 51.4 Å². The minimum absolute atomic E-state index is 1.29. The topological polar surface area (TPSA) is 0 Å². The van der Waals surface area contributed by atoms with Gasteiger partial charge in [-0.1, -0.05) is 45.6 Å². The quantitative estimate of drug-likeness (QED) is 0.411. The SMILES string of the molecule is CCCCC/C=C(/I)CCCCC. The number of unbranched alkanes of at least 4 members (excludes halogenated alkanes) is 5. The van der Waals surface area contributed by atoms with Gasteiger partial charge in [0, 0.05) is 0 Å². The summed E-state index contributed by atoms with van der Waals surface area (Å²) in [4.78, 5) is 0. The van der Waals surface area contributed by atoms with Gasteiger partial charge >= 0.3 is 0 Å². The Balaban J connectivity index is 3.29.